The van der Waals surface area contributed by atoms with Crippen molar-refractivity contribution in [1.82, 2.24) is 4.90 Å². The molecule has 274 valence electrons. The van der Waals surface area contributed by atoms with Crippen molar-refractivity contribution in [2.45, 2.75) is 180 Å². The second-order valence-corrected chi connectivity index (χ2v) is 13.3. The third-order valence-electron chi connectivity index (χ3n) is 8.27. The van der Waals surface area contributed by atoms with Gasteiger partial charge in [-0.1, -0.05) is 102 Å². The van der Waals surface area contributed by atoms with Gasteiger partial charge in [0, 0.05) is 19.3 Å². The molecular formula is C40H73NO6. The fourth-order valence-corrected chi connectivity index (χ4v) is 5.36. The molecule has 0 rings (SSSR count). The van der Waals surface area contributed by atoms with Gasteiger partial charge in [0.25, 0.3) is 0 Å². The molecule has 0 amide bonds. The third-order valence-corrected chi connectivity index (χ3v) is 8.27. The zero-order valence-corrected chi connectivity index (χ0v) is 31.1. The molecule has 0 aromatic rings. The van der Waals surface area contributed by atoms with Gasteiger partial charge in [-0.25, -0.2) is 0 Å². The zero-order valence-electron chi connectivity index (χ0n) is 31.1. The first kappa shape index (κ1) is 44.9. The predicted octanol–water partition coefficient (Wildman–Crippen LogP) is 10.5. The maximum atomic E-state index is 12.5. The van der Waals surface area contributed by atoms with Crippen LogP contribution in [0, 0.1) is 0 Å². The Hall–Kier alpha value is -2.15. The van der Waals surface area contributed by atoms with Crippen molar-refractivity contribution in [3.63, 3.8) is 0 Å². The van der Waals surface area contributed by atoms with E-state index in [4.69, 9.17) is 14.2 Å². The van der Waals surface area contributed by atoms with E-state index >= 15 is 0 Å². The number of rotatable bonds is 34. The summed E-state index contributed by atoms with van der Waals surface area (Å²) in [5.74, 6) is -0.520. The van der Waals surface area contributed by atoms with Crippen LogP contribution < -0.4 is 0 Å². The van der Waals surface area contributed by atoms with Gasteiger partial charge in [-0.05, 0) is 97.7 Å². The van der Waals surface area contributed by atoms with Crippen LogP contribution in [-0.4, -0.2) is 62.8 Å². The minimum atomic E-state index is -0.199. The lowest BCUT2D eigenvalue weighted by Crippen LogP contribution is -2.20. The molecule has 0 heterocycles. The van der Waals surface area contributed by atoms with E-state index in [2.05, 4.69) is 37.0 Å². The zero-order chi connectivity index (χ0) is 34.6. The molecule has 0 aliphatic carbocycles. The fraction of sp³-hybridized carbons (Fsp3) is 0.825. The van der Waals surface area contributed by atoms with Crippen LogP contribution in [0.5, 0.6) is 0 Å². The van der Waals surface area contributed by atoms with Crippen LogP contribution >= 0.6 is 0 Å². The van der Waals surface area contributed by atoms with Crippen molar-refractivity contribution in [3.05, 3.63) is 24.3 Å². The molecule has 0 aromatic carbocycles. The molecule has 0 saturated heterocycles. The van der Waals surface area contributed by atoms with Crippen LogP contribution in [0.3, 0.4) is 0 Å². The topological polar surface area (TPSA) is 82.1 Å². The molecule has 0 bridgehead atoms. The second kappa shape index (κ2) is 35.2. The Balaban J connectivity index is 4.21. The first-order valence-electron chi connectivity index (χ1n) is 19.3. The molecule has 0 aliphatic heterocycles. The smallest absolute Gasteiger partial charge is 0.306 e. The van der Waals surface area contributed by atoms with E-state index < -0.39 is 0 Å². The quantitative estimate of drug-likeness (QED) is 0.0293. The van der Waals surface area contributed by atoms with Gasteiger partial charge in [-0.15, -0.1) is 0 Å². The molecule has 0 radical (unpaired) electrons. The predicted molar refractivity (Wildman–Crippen MR) is 195 cm³/mol. The van der Waals surface area contributed by atoms with E-state index in [0.717, 1.165) is 45.1 Å². The summed E-state index contributed by atoms with van der Waals surface area (Å²) in [6, 6.07) is 0. The molecule has 47 heavy (non-hydrogen) atoms. The van der Waals surface area contributed by atoms with Crippen molar-refractivity contribution in [1.29, 1.82) is 0 Å². The minimum Gasteiger partial charge on any atom is -0.465 e. The lowest BCUT2D eigenvalue weighted by molar-refractivity contribution is -0.150. The van der Waals surface area contributed by atoms with Crippen molar-refractivity contribution in [2.75, 3.05) is 33.9 Å². The molecule has 0 fully saturated rings. The van der Waals surface area contributed by atoms with Crippen molar-refractivity contribution >= 4 is 17.9 Å². The van der Waals surface area contributed by atoms with Gasteiger partial charge in [0.05, 0.1) is 6.61 Å². The van der Waals surface area contributed by atoms with Gasteiger partial charge in [0.15, 0.2) is 0 Å². The van der Waals surface area contributed by atoms with Crippen molar-refractivity contribution < 1.29 is 28.6 Å². The van der Waals surface area contributed by atoms with Crippen LogP contribution in [-0.2, 0) is 28.6 Å². The summed E-state index contributed by atoms with van der Waals surface area (Å²) < 4.78 is 16.6. The number of esters is 3. The van der Waals surface area contributed by atoms with Crippen LogP contribution in [0.15, 0.2) is 24.3 Å². The van der Waals surface area contributed by atoms with Crippen LogP contribution in [0.25, 0.3) is 0 Å². The van der Waals surface area contributed by atoms with Crippen LogP contribution in [0.2, 0.25) is 0 Å². The maximum absolute atomic E-state index is 12.5. The minimum absolute atomic E-state index is 0.165. The first-order valence-corrected chi connectivity index (χ1v) is 19.3. The average molecular weight is 664 g/mol. The summed E-state index contributed by atoms with van der Waals surface area (Å²) >= 11 is 0. The highest BCUT2D eigenvalue weighted by molar-refractivity contribution is 5.70. The van der Waals surface area contributed by atoms with E-state index in [-0.39, 0.29) is 24.0 Å². The van der Waals surface area contributed by atoms with Gasteiger partial charge in [0.1, 0.15) is 12.7 Å². The molecule has 0 aliphatic rings. The summed E-state index contributed by atoms with van der Waals surface area (Å²) in [4.78, 5) is 38.9. The van der Waals surface area contributed by atoms with Crippen LogP contribution in [0.4, 0.5) is 0 Å². The highest BCUT2D eigenvalue weighted by Gasteiger charge is 2.15. The molecule has 0 spiro atoms. The molecule has 7 heteroatoms. The lowest BCUT2D eigenvalue weighted by Gasteiger charge is -2.18. The first-order chi connectivity index (χ1) is 22.9. The molecule has 0 aromatic heterocycles. The monoisotopic (exact) mass is 664 g/mol. The number of unbranched alkanes of at least 4 members (excludes halogenated alkanes) is 14. The van der Waals surface area contributed by atoms with Crippen molar-refractivity contribution in [2.24, 2.45) is 0 Å². The Morgan fingerprint density at radius 2 is 1.02 bits per heavy atom. The number of hydrogen-bond acceptors (Lipinski definition) is 7. The summed E-state index contributed by atoms with van der Waals surface area (Å²) in [5.41, 5.74) is 0. The van der Waals surface area contributed by atoms with E-state index in [9.17, 15) is 14.4 Å². The maximum Gasteiger partial charge on any atom is 0.306 e. The third kappa shape index (κ3) is 35.0. The van der Waals surface area contributed by atoms with Gasteiger partial charge in [-0.2, -0.15) is 0 Å². The number of ether oxygens (including phenoxy) is 3. The molecule has 0 N–H and O–H groups in total. The Bertz CT molecular complexity index is 794. The number of hydrogen-bond donors (Lipinski definition) is 0. The molecule has 1 unspecified atom stereocenters. The molecule has 7 nitrogen and oxygen atoms in total. The van der Waals surface area contributed by atoms with Gasteiger partial charge in [-0.3, -0.25) is 14.4 Å². The number of carbonyl (C=O) groups is 3. The fourth-order valence-electron chi connectivity index (χ4n) is 5.36. The van der Waals surface area contributed by atoms with Gasteiger partial charge >= 0.3 is 17.9 Å². The number of carbonyl (C=O) groups excluding carboxylic acids is 3. The largest absolute Gasteiger partial charge is 0.465 e. The molecule has 0 saturated carbocycles. The van der Waals surface area contributed by atoms with E-state index in [1.54, 1.807) is 0 Å². The molecule has 1 atom stereocenters. The summed E-state index contributed by atoms with van der Waals surface area (Å²) in [6.45, 7) is 6.07. The highest BCUT2D eigenvalue weighted by atomic mass is 16.5. The van der Waals surface area contributed by atoms with E-state index in [0.29, 0.717) is 58.2 Å². The average Bonchev–Trinajstić information content (AvgIpc) is 3.04. The number of allylic oxidation sites excluding steroid dienone is 2. The van der Waals surface area contributed by atoms with Crippen LogP contribution in [0.1, 0.15) is 174 Å². The summed E-state index contributed by atoms with van der Waals surface area (Å²) in [6.07, 6.45) is 32.9. The second-order valence-electron chi connectivity index (χ2n) is 13.3. The molecular weight excluding hydrogens is 590 g/mol. The summed E-state index contributed by atoms with van der Waals surface area (Å²) in [7, 11) is 3.98. The normalized spacial score (nSPS) is 12.3. The van der Waals surface area contributed by atoms with Crippen molar-refractivity contribution in [3.8, 4) is 0 Å². The Kier molecular flexibility index (Phi) is 33.6. The SMILES string of the molecule is CCCCCCCC/C=C\CCOC(=O)CCCCC(CCCCC(=O)OC/C=C\CCCCCCCC)OC(=O)CCCN(C)C. The van der Waals surface area contributed by atoms with E-state index in [1.165, 1.54) is 77.0 Å². The Morgan fingerprint density at radius 3 is 1.60 bits per heavy atom. The van der Waals surface area contributed by atoms with Gasteiger partial charge < -0.3 is 19.1 Å². The Morgan fingerprint density at radius 1 is 0.532 bits per heavy atom. The lowest BCUT2D eigenvalue weighted by atomic mass is 10.0. The summed E-state index contributed by atoms with van der Waals surface area (Å²) in [5, 5.41) is 0. The van der Waals surface area contributed by atoms with E-state index in [1.807, 2.05) is 20.2 Å². The highest BCUT2D eigenvalue weighted by Crippen LogP contribution is 2.17. The number of nitrogens with zero attached hydrogens (tertiary/aromatic N) is 1. The standard InChI is InChI=1S/C40H73NO6/c1-5-7-9-11-13-15-17-19-21-27-36-46-39(43)32-25-23-30-37(47-40(44)33-28-34-41(3)4)29-22-24-31-38(42)45-35-26-20-18-16-14-12-10-8-6-2/h19-21,26,37H,5-18,22-25,27-36H2,1-4H3/b21-19-,26-20-. The Labute approximate surface area is 289 Å². The van der Waals surface area contributed by atoms with Gasteiger partial charge in [0.2, 0.25) is 0 Å².